The van der Waals surface area contributed by atoms with Crippen molar-refractivity contribution in [3.05, 3.63) is 0 Å². The summed E-state index contributed by atoms with van der Waals surface area (Å²) in [6.45, 7) is 8.46. The van der Waals surface area contributed by atoms with Gasteiger partial charge in [-0.1, -0.05) is 0 Å². The van der Waals surface area contributed by atoms with Crippen LogP contribution in [0.3, 0.4) is 0 Å². The van der Waals surface area contributed by atoms with Crippen LogP contribution in [0.1, 0.15) is 20.3 Å². The topological polar surface area (TPSA) is 76.8 Å². The normalized spacial score (nSPS) is 22.2. The van der Waals surface area contributed by atoms with Crippen LogP contribution in [0.2, 0.25) is 0 Å². The summed E-state index contributed by atoms with van der Waals surface area (Å²) in [4.78, 5) is 14.1. The molecule has 0 radical (unpaired) electrons. The van der Waals surface area contributed by atoms with Crippen LogP contribution in [-0.2, 0) is 14.3 Å². The van der Waals surface area contributed by atoms with Crippen molar-refractivity contribution >= 4 is 5.91 Å². The molecule has 0 aromatic rings. The molecule has 1 rings (SSSR count). The molecule has 1 heterocycles. The van der Waals surface area contributed by atoms with E-state index in [-0.39, 0.29) is 18.1 Å². The van der Waals surface area contributed by atoms with Gasteiger partial charge < -0.3 is 20.5 Å². The Hall–Kier alpha value is -0.690. The van der Waals surface area contributed by atoms with E-state index in [1.54, 1.807) is 0 Å². The number of morpholine rings is 1. The van der Waals surface area contributed by atoms with Crippen molar-refractivity contribution in [2.75, 3.05) is 46.0 Å². The quantitative estimate of drug-likeness (QED) is 0.628. The molecule has 19 heavy (non-hydrogen) atoms. The molecule has 0 spiro atoms. The summed E-state index contributed by atoms with van der Waals surface area (Å²) in [6.07, 6.45) is 0.919. The number of hydrogen-bond acceptors (Lipinski definition) is 5. The Morgan fingerprint density at radius 1 is 1.58 bits per heavy atom. The van der Waals surface area contributed by atoms with Crippen molar-refractivity contribution in [2.45, 2.75) is 32.4 Å². The number of nitrogens with zero attached hydrogens (tertiary/aromatic N) is 1. The average molecular weight is 273 g/mol. The van der Waals surface area contributed by atoms with Crippen molar-refractivity contribution in [2.24, 2.45) is 5.73 Å². The van der Waals surface area contributed by atoms with E-state index in [0.717, 1.165) is 19.5 Å². The van der Waals surface area contributed by atoms with E-state index in [4.69, 9.17) is 15.2 Å². The first-order valence-electron chi connectivity index (χ1n) is 7.14. The highest BCUT2D eigenvalue weighted by atomic mass is 16.5. The second-order valence-electron chi connectivity index (χ2n) is 4.62. The second kappa shape index (κ2) is 9.25. The van der Waals surface area contributed by atoms with Crippen LogP contribution in [0, 0.1) is 0 Å². The van der Waals surface area contributed by atoms with Gasteiger partial charge >= 0.3 is 0 Å². The number of amides is 1. The SMILES string of the molecule is CCNC(=O)C1COCCN1CCC(CN)OCC. The Balaban J connectivity index is 2.45. The highest BCUT2D eigenvalue weighted by Gasteiger charge is 2.29. The lowest BCUT2D eigenvalue weighted by molar-refractivity contribution is -0.132. The minimum atomic E-state index is -0.186. The van der Waals surface area contributed by atoms with Crippen molar-refractivity contribution in [3.63, 3.8) is 0 Å². The van der Waals surface area contributed by atoms with Crippen LogP contribution >= 0.6 is 0 Å². The number of likely N-dealkylation sites (N-methyl/N-ethyl adjacent to an activating group) is 1. The molecule has 112 valence electrons. The average Bonchev–Trinajstić information content (AvgIpc) is 2.44. The number of rotatable bonds is 8. The van der Waals surface area contributed by atoms with Crippen molar-refractivity contribution < 1.29 is 14.3 Å². The van der Waals surface area contributed by atoms with Gasteiger partial charge in [0.25, 0.3) is 0 Å². The van der Waals surface area contributed by atoms with E-state index in [2.05, 4.69) is 10.2 Å². The molecule has 0 saturated carbocycles. The highest BCUT2D eigenvalue weighted by Crippen LogP contribution is 2.10. The summed E-state index contributed by atoms with van der Waals surface area (Å²) in [7, 11) is 0. The fraction of sp³-hybridized carbons (Fsp3) is 0.923. The zero-order chi connectivity index (χ0) is 14.1. The zero-order valence-electron chi connectivity index (χ0n) is 12.1. The Kier molecular flexibility index (Phi) is 7.97. The van der Waals surface area contributed by atoms with Gasteiger partial charge in [-0.2, -0.15) is 0 Å². The molecule has 2 unspecified atom stereocenters. The maximum absolute atomic E-state index is 12.0. The molecule has 0 aromatic heterocycles. The largest absolute Gasteiger partial charge is 0.378 e. The van der Waals surface area contributed by atoms with Crippen LogP contribution < -0.4 is 11.1 Å². The Bertz CT molecular complexity index is 264. The first-order valence-corrected chi connectivity index (χ1v) is 7.14. The van der Waals surface area contributed by atoms with Gasteiger partial charge in [-0.25, -0.2) is 0 Å². The third-order valence-electron chi connectivity index (χ3n) is 3.30. The molecule has 2 atom stereocenters. The maximum atomic E-state index is 12.0. The highest BCUT2D eigenvalue weighted by molar-refractivity contribution is 5.81. The van der Waals surface area contributed by atoms with Gasteiger partial charge in [0.15, 0.2) is 0 Å². The zero-order valence-corrected chi connectivity index (χ0v) is 12.1. The molecule has 1 fully saturated rings. The summed E-state index contributed by atoms with van der Waals surface area (Å²) in [6, 6.07) is -0.186. The molecule has 1 amide bonds. The Labute approximate surface area is 115 Å². The van der Waals surface area contributed by atoms with Crippen LogP contribution in [0.4, 0.5) is 0 Å². The standard InChI is InChI=1S/C13H27N3O3/c1-3-15-13(17)12-10-18-8-7-16(12)6-5-11(9-14)19-4-2/h11-12H,3-10,14H2,1-2H3,(H,15,17). The van der Waals surface area contributed by atoms with Crippen LogP contribution in [-0.4, -0.2) is 69.0 Å². The van der Waals surface area contributed by atoms with Gasteiger partial charge in [0.05, 0.1) is 19.3 Å². The molecule has 3 N–H and O–H groups in total. The van der Waals surface area contributed by atoms with E-state index in [9.17, 15) is 4.79 Å². The molecular formula is C13H27N3O3. The summed E-state index contributed by atoms with van der Waals surface area (Å²) < 4.78 is 10.9. The second-order valence-corrected chi connectivity index (χ2v) is 4.62. The molecule has 6 heteroatoms. The minimum Gasteiger partial charge on any atom is -0.378 e. The van der Waals surface area contributed by atoms with Gasteiger partial charge in [0, 0.05) is 32.8 Å². The molecule has 1 aliphatic rings. The predicted octanol–water partition coefficient (Wildman–Crippen LogP) is -0.423. The molecule has 1 aliphatic heterocycles. The van der Waals surface area contributed by atoms with E-state index in [1.165, 1.54) is 0 Å². The Morgan fingerprint density at radius 3 is 3.00 bits per heavy atom. The van der Waals surface area contributed by atoms with E-state index >= 15 is 0 Å². The number of carbonyl (C=O) groups is 1. The third kappa shape index (κ3) is 5.44. The number of ether oxygens (including phenoxy) is 2. The Morgan fingerprint density at radius 2 is 2.37 bits per heavy atom. The molecule has 0 aromatic carbocycles. The summed E-state index contributed by atoms with van der Waals surface area (Å²) >= 11 is 0. The lowest BCUT2D eigenvalue weighted by atomic mass is 10.1. The number of hydrogen-bond donors (Lipinski definition) is 2. The first-order chi connectivity index (χ1) is 9.22. The molecule has 1 saturated heterocycles. The molecule has 0 bridgehead atoms. The maximum Gasteiger partial charge on any atom is 0.239 e. The number of nitrogens with two attached hydrogens (primary N) is 1. The fourth-order valence-corrected chi connectivity index (χ4v) is 2.25. The van der Waals surface area contributed by atoms with Crippen LogP contribution in [0.5, 0.6) is 0 Å². The monoisotopic (exact) mass is 273 g/mol. The van der Waals surface area contributed by atoms with Gasteiger partial charge in [-0.3, -0.25) is 9.69 Å². The van der Waals surface area contributed by atoms with Gasteiger partial charge in [-0.15, -0.1) is 0 Å². The molecule has 0 aliphatic carbocycles. The molecule has 6 nitrogen and oxygen atoms in total. The lowest BCUT2D eigenvalue weighted by Crippen LogP contribution is -2.54. The van der Waals surface area contributed by atoms with Gasteiger partial charge in [0.1, 0.15) is 6.04 Å². The van der Waals surface area contributed by atoms with E-state index in [1.807, 2.05) is 13.8 Å². The van der Waals surface area contributed by atoms with Crippen molar-refractivity contribution in [3.8, 4) is 0 Å². The predicted molar refractivity (Wildman–Crippen MR) is 73.9 cm³/mol. The summed E-state index contributed by atoms with van der Waals surface area (Å²) in [5.41, 5.74) is 5.67. The smallest absolute Gasteiger partial charge is 0.239 e. The number of carbonyl (C=O) groups excluding carboxylic acids is 1. The summed E-state index contributed by atoms with van der Waals surface area (Å²) in [5.74, 6) is 0.0444. The van der Waals surface area contributed by atoms with Gasteiger partial charge in [0.2, 0.25) is 5.91 Å². The van der Waals surface area contributed by atoms with Crippen molar-refractivity contribution in [1.29, 1.82) is 0 Å². The number of nitrogens with one attached hydrogen (secondary N) is 1. The summed E-state index contributed by atoms with van der Waals surface area (Å²) in [5, 5.41) is 2.86. The van der Waals surface area contributed by atoms with Crippen molar-refractivity contribution in [1.82, 2.24) is 10.2 Å². The van der Waals surface area contributed by atoms with Crippen LogP contribution in [0.15, 0.2) is 0 Å². The van der Waals surface area contributed by atoms with Crippen LogP contribution in [0.25, 0.3) is 0 Å². The third-order valence-corrected chi connectivity index (χ3v) is 3.30. The van der Waals surface area contributed by atoms with Gasteiger partial charge in [-0.05, 0) is 20.3 Å². The first kappa shape index (κ1) is 16.4. The fourth-order valence-electron chi connectivity index (χ4n) is 2.25. The minimum absolute atomic E-state index is 0.0444. The lowest BCUT2D eigenvalue weighted by Gasteiger charge is -2.35. The van der Waals surface area contributed by atoms with E-state index < -0.39 is 0 Å². The van der Waals surface area contributed by atoms with E-state index in [0.29, 0.717) is 32.9 Å². The molecular weight excluding hydrogens is 246 g/mol.